The summed E-state index contributed by atoms with van der Waals surface area (Å²) < 4.78 is 12.0. The summed E-state index contributed by atoms with van der Waals surface area (Å²) in [5.74, 6) is 0.905. The molecule has 0 spiro atoms. The van der Waals surface area contributed by atoms with Gasteiger partial charge < -0.3 is 14.8 Å². The van der Waals surface area contributed by atoms with E-state index >= 15 is 0 Å². The minimum absolute atomic E-state index is 0.133. The number of hydrogen-bond acceptors (Lipinski definition) is 4. The normalized spacial score (nSPS) is 25.3. The number of aromatic nitrogens is 1. The highest BCUT2D eigenvalue weighted by atomic mass is 16.5. The van der Waals surface area contributed by atoms with E-state index in [1.807, 2.05) is 26.0 Å². The average molecular weight is 278 g/mol. The summed E-state index contributed by atoms with van der Waals surface area (Å²) in [4.78, 5) is 4.55. The zero-order chi connectivity index (χ0) is 14.5. The van der Waals surface area contributed by atoms with Crippen molar-refractivity contribution in [2.24, 2.45) is 0 Å². The quantitative estimate of drug-likeness (QED) is 0.832. The van der Waals surface area contributed by atoms with Crippen LogP contribution in [0.4, 0.5) is 0 Å². The molecule has 4 heteroatoms. The largest absolute Gasteiger partial charge is 0.486 e. The van der Waals surface area contributed by atoms with Crippen LogP contribution in [0.25, 0.3) is 0 Å². The van der Waals surface area contributed by atoms with Crippen LogP contribution < -0.4 is 10.1 Å². The van der Waals surface area contributed by atoms with E-state index in [2.05, 4.69) is 24.1 Å². The van der Waals surface area contributed by atoms with Crippen molar-refractivity contribution in [2.75, 3.05) is 13.2 Å². The number of ether oxygens (including phenoxy) is 2. The lowest BCUT2D eigenvalue weighted by Crippen LogP contribution is -2.61. The Morgan fingerprint density at radius 3 is 2.75 bits per heavy atom. The van der Waals surface area contributed by atoms with Crippen LogP contribution in [-0.4, -0.2) is 36.4 Å². The molecule has 0 saturated heterocycles. The standard InChI is InChI=1S/C16H26N2O2/c1-5-12-14(9-8-11(4)18-12)20-15-10-13(17-6-2)16(15)19-7-3/h8-9,13,15-17H,5-7,10H2,1-4H3. The smallest absolute Gasteiger partial charge is 0.141 e. The lowest BCUT2D eigenvalue weighted by atomic mass is 9.85. The SMILES string of the molecule is CCNC1CC(Oc2ccc(C)nc2CC)C1OCC. The van der Waals surface area contributed by atoms with Gasteiger partial charge in [-0.25, -0.2) is 0 Å². The molecule has 20 heavy (non-hydrogen) atoms. The van der Waals surface area contributed by atoms with Crippen molar-refractivity contribution in [1.82, 2.24) is 10.3 Å². The summed E-state index contributed by atoms with van der Waals surface area (Å²) in [7, 11) is 0. The molecule has 1 aromatic rings. The number of hydrogen-bond donors (Lipinski definition) is 1. The van der Waals surface area contributed by atoms with E-state index in [4.69, 9.17) is 9.47 Å². The molecule has 1 aliphatic rings. The van der Waals surface area contributed by atoms with Crippen LogP contribution >= 0.6 is 0 Å². The van der Waals surface area contributed by atoms with Crippen LogP contribution in [0.1, 0.15) is 38.6 Å². The topological polar surface area (TPSA) is 43.4 Å². The Hall–Kier alpha value is -1.13. The van der Waals surface area contributed by atoms with Crippen molar-refractivity contribution in [2.45, 2.75) is 58.8 Å². The van der Waals surface area contributed by atoms with Gasteiger partial charge in [-0.05, 0) is 38.9 Å². The highest BCUT2D eigenvalue weighted by molar-refractivity contribution is 5.30. The molecule has 2 rings (SSSR count). The monoisotopic (exact) mass is 278 g/mol. The van der Waals surface area contributed by atoms with Gasteiger partial charge in [-0.2, -0.15) is 0 Å². The second-order valence-electron chi connectivity index (χ2n) is 5.23. The van der Waals surface area contributed by atoms with Gasteiger partial charge in [0.15, 0.2) is 0 Å². The molecular weight excluding hydrogens is 252 g/mol. The average Bonchev–Trinajstić information content (AvgIpc) is 2.45. The molecule has 3 unspecified atom stereocenters. The number of nitrogens with one attached hydrogen (secondary N) is 1. The fourth-order valence-corrected chi connectivity index (χ4v) is 2.70. The van der Waals surface area contributed by atoms with Crippen molar-refractivity contribution < 1.29 is 9.47 Å². The Labute approximate surface area is 121 Å². The zero-order valence-corrected chi connectivity index (χ0v) is 13.0. The van der Waals surface area contributed by atoms with Crippen LogP contribution in [0, 0.1) is 6.92 Å². The molecule has 1 aliphatic carbocycles. The summed E-state index contributed by atoms with van der Waals surface area (Å²) >= 11 is 0. The molecule has 4 nitrogen and oxygen atoms in total. The fourth-order valence-electron chi connectivity index (χ4n) is 2.70. The Balaban J connectivity index is 2.02. The molecule has 1 heterocycles. The van der Waals surface area contributed by atoms with E-state index in [9.17, 15) is 0 Å². The molecule has 0 bridgehead atoms. The Kier molecular flexibility index (Phi) is 5.38. The molecule has 1 N–H and O–H groups in total. The van der Waals surface area contributed by atoms with E-state index in [-0.39, 0.29) is 12.2 Å². The second kappa shape index (κ2) is 7.04. The van der Waals surface area contributed by atoms with Gasteiger partial charge in [-0.15, -0.1) is 0 Å². The van der Waals surface area contributed by atoms with Gasteiger partial charge in [-0.1, -0.05) is 13.8 Å². The van der Waals surface area contributed by atoms with E-state index in [1.54, 1.807) is 0 Å². The molecule has 0 amide bonds. The molecule has 0 aliphatic heterocycles. The summed E-state index contributed by atoms with van der Waals surface area (Å²) in [6.45, 7) is 9.96. The second-order valence-corrected chi connectivity index (χ2v) is 5.23. The third-order valence-electron chi connectivity index (χ3n) is 3.76. The first-order valence-corrected chi connectivity index (χ1v) is 7.67. The van der Waals surface area contributed by atoms with Crippen molar-refractivity contribution >= 4 is 0 Å². The van der Waals surface area contributed by atoms with Crippen molar-refractivity contribution in [3.8, 4) is 5.75 Å². The number of rotatable bonds is 7. The van der Waals surface area contributed by atoms with Crippen LogP contribution in [0.5, 0.6) is 5.75 Å². The van der Waals surface area contributed by atoms with Crippen LogP contribution in [0.15, 0.2) is 12.1 Å². The summed E-state index contributed by atoms with van der Waals surface area (Å²) in [5.41, 5.74) is 2.07. The van der Waals surface area contributed by atoms with Gasteiger partial charge in [-0.3, -0.25) is 4.98 Å². The Morgan fingerprint density at radius 2 is 2.10 bits per heavy atom. The lowest BCUT2D eigenvalue weighted by Gasteiger charge is -2.44. The van der Waals surface area contributed by atoms with Crippen LogP contribution in [0.2, 0.25) is 0 Å². The van der Waals surface area contributed by atoms with E-state index in [1.165, 1.54) is 0 Å². The van der Waals surface area contributed by atoms with Gasteiger partial charge in [0.1, 0.15) is 18.0 Å². The Morgan fingerprint density at radius 1 is 1.30 bits per heavy atom. The fraction of sp³-hybridized carbons (Fsp3) is 0.688. The van der Waals surface area contributed by atoms with Crippen LogP contribution in [-0.2, 0) is 11.2 Å². The van der Waals surface area contributed by atoms with Gasteiger partial charge in [0.25, 0.3) is 0 Å². The predicted molar refractivity (Wildman–Crippen MR) is 80.3 cm³/mol. The van der Waals surface area contributed by atoms with Crippen molar-refractivity contribution in [3.63, 3.8) is 0 Å². The first-order valence-electron chi connectivity index (χ1n) is 7.67. The summed E-state index contributed by atoms with van der Waals surface area (Å²) in [6.07, 6.45) is 2.16. The van der Waals surface area contributed by atoms with Gasteiger partial charge in [0.05, 0.1) is 5.69 Å². The molecule has 112 valence electrons. The maximum atomic E-state index is 6.14. The number of nitrogens with zero attached hydrogens (tertiary/aromatic N) is 1. The summed E-state index contributed by atoms with van der Waals surface area (Å²) in [6, 6.07) is 4.45. The first kappa shape index (κ1) is 15.3. The molecule has 1 fully saturated rings. The Bertz CT molecular complexity index is 436. The molecule has 0 aromatic carbocycles. The molecular formula is C16H26N2O2. The minimum Gasteiger partial charge on any atom is -0.486 e. The third kappa shape index (κ3) is 3.30. The number of pyridine rings is 1. The molecule has 0 radical (unpaired) electrons. The molecule has 3 atom stereocenters. The zero-order valence-electron chi connectivity index (χ0n) is 13.0. The maximum absolute atomic E-state index is 6.14. The number of aryl methyl sites for hydroxylation is 2. The summed E-state index contributed by atoms with van der Waals surface area (Å²) in [5, 5.41) is 3.45. The maximum Gasteiger partial charge on any atom is 0.141 e. The van der Waals surface area contributed by atoms with Crippen molar-refractivity contribution in [3.05, 3.63) is 23.5 Å². The van der Waals surface area contributed by atoms with Crippen LogP contribution in [0.3, 0.4) is 0 Å². The predicted octanol–water partition coefficient (Wildman–Crippen LogP) is 2.49. The van der Waals surface area contributed by atoms with E-state index in [0.717, 1.165) is 43.1 Å². The minimum atomic E-state index is 0.133. The number of likely N-dealkylation sites (N-methyl/N-ethyl adjacent to an activating group) is 1. The van der Waals surface area contributed by atoms with Gasteiger partial charge >= 0.3 is 0 Å². The first-order chi connectivity index (χ1) is 9.69. The van der Waals surface area contributed by atoms with E-state index in [0.29, 0.717) is 6.04 Å². The van der Waals surface area contributed by atoms with Gasteiger partial charge in [0, 0.05) is 24.8 Å². The highest BCUT2D eigenvalue weighted by Crippen LogP contribution is 2.30. The van der Waals surface area contributed by atoms with Gasteiger partial charge in [0.2, 0.25) is 0 Å². The van der Waals surface area contributed by atoms with Crippen molar-refractivity contribution in [1.29, 1.82) is 0 Å². The molecule has 1 aromatic heterocycles. The van der Waals surface area contributed by atoms with E-state index < -0.39 is 0 Å². The lowest BCUT2D eigenvalue weighted by molar-refractivity contribution is -0.104. The highest BCUT2D eigenvalue weighted by Gasteiger charge is 2.43. The third-order valence-corrected chi connectivity index (χ3v) is 3.76. The molecule has 1 saturated carbocycles.